The summed E-state index contributed by atoms with van der Waals surface area (Å²) >= 11 is 1.40. The van der Waals surface area contributed by atoms with E-state index in [1.165, 1.54) is 11.3 Å². The van der Waals surface area contributed by atoms with Crippen molar-refractivity contribution in [3.8, 4) is 6.07 Å². The molecule has 0 aliphatic carbocycles. The first-order valence-corrected chi connectivity index (χ1v) is 6.05. The van der Waals surface area contributed by atoms with Gasteiger partial charge in [-0.05, 0) is 19.4 Å². The number of fused-ring (bicyclic) bond motifs is 1. The SMILES string of the molecule is Cc1cc2c(=O)n(CCCC#N)c(=O)[nH]c2s1. The zero-order valence-electron chi connectivity index (χ0n) is 9.32. The summed E-state index contributed by atoms with van der Waals surface area (Å²) in [5.74, 6) is 0. The third-order valence-corrected chi connectivity index (χ3v) is 3.43. The van der Waals surface area contributed by atoms with Crippen LogP contribution in [0.1, 0.15) is 17.7 Å². The predicted molar refractivity (Wildman–Crippen MR) is 66.3 cm³/mol. The summed E-state index contributed by atoms with van der Waals surface area (Å²) < 4.78 is 1.16. The van der Waals surface area contributed by atoms with E-state index < -0.39 is 5.69 Å². The van der Waals surface area contributed by atoms with Crippen LogP contribution in [-0.4, -0.2) is 9.55 Å². The number of aryl methyl sites for hydroxylation is 1. The molecule has 6 heteroatoms. The minimum atomic E-state index is -0.401. The Morgan fingerprint density at radius 3 is 3.00 bits per heavy atom. The molecule has 2 heterocycles. The van der Waals surface area contributed by atoms with Gasteiger partial charge in [0.15, 0.2) is 0 Å². The van der Waals surface area contributed by atoms with Gasteiger partial charge in [0, 0.05) is 17.8 Å². The second-order valence-corrected chi connectivity index (χ2v) is 5.00. The molecule has 0 saturated heterocycles. The van der Waals surface area contributed by atoms with Gasteiger partial charge in [-0.25, -0.2) is 4.79 Å². The molecule has 2 aromatic rings. The Labute approximate surface area is 101 Å². The maximum atomic E-state index is 12.0. The van der Waals surface area contributed by atoms with Crippen molar-refractivity contribution in [1.82, 2.24) is 9.55 Å². The molecule has 0 radical (unpaired) electrons. The van der Waals surface area contributed by atoms with Crippen molar-refractivity contribution >= 4 is 21.6 Å². The van der Waals surface area contributed by atoms with Crippen LogP contribution in [0, 0.1) is 18.3 Å². The molecule has 0 aromatic carbocycles. The van der Waals surface area contributed by atoms with Crippen LogP contribution in [0.5, 0.6) is 0 Å². The van der Waals surface area contributed by atoms with Gasteiger partial charge in [0.2, 0.25) is 0 Å². The second kappa shape index (κ2) is 4.55. The molecule has 2 rings (SSSR count). The highest BCUT2D eigenvalue weighted by Crippen LogP contribution is 2.18. The molecule has 0 amide bonds. The normalized spacial score (nSPS) is 10.6. The Balaban J connectivity index is 2.53. The molecule has 0 bridgehead atoms. The molecular formula is C11H11N3O2S. The predicted octanol–water partition coefficient (Wildman–Crippen LogP) is 1.36. The number of aromatic nitrogens is 2. The van der Waals surface area contributed by atoms with Gasteiger partial charge in [0.1, 0.15) is 4.83 Å². The minimum absolute atomic E-state index is 0.272. The van der Waals surface area contributed by atoms with Crippen molar-refractivity contribution in [3.63, 3.8) is 0 Å². The van der Waals surface area contributed by atoms with Gasteiger partial charge in [0.05, 0.1) is 11.5 Å². The fourth-order valence-corrected chi connectivity index (χ4v) is 2.58. The Morgan fingerprint density at radius 1 is 1.53 bits per heavy atom. The van der Waals surface area contributed by atoms with E-state index in [-0.39, 0.29) is 12.1 Å². The van der Waals surface area contributed by atoms with Gasteiger partial charge < -0.3 is 0 Å². The van der Waals surface area contributed by atoms with Crippen LogP contribution in [-0.2, 0) is 6.54 Å². The maximum Gasteiger partial charge on any atom is 0.329 e. The molecule has 0 spiro atoms. The number of nitrogens with zero attached hydrogens (tertiary/aromatic N) is 2. The lowest BCUT2D eigenvalue weighted by Gasteiger charge is -2.01. The largest absolute Gasteiger partial charge is 0.329 e. The molecule has 5 nitrogen and oxygen atoms in total. The highest BCUT2D eigenvalue weighted by Gasteiger charge is 2.09. The average molecular weight is 249 g/mol. The van der Waals surface area contributed by atoms with Crippen molar-refractivity contribution < 1.29 is 0 Å². The first kappa shape index (κ1) is 11.6. The highest BCUT2D eigenvalue weighted by atomic mass is 32.1. The van der Waals surface area contributed by atoms with Gasteiger partial charge in [0.25, 0.3) is 5.56 Å². The summed E-state index contributed by atoms with van der Waals surface area (Å²) in [6.45, 7) is 2.18. The summed E-state index contributed by atoms with van der Waals surface area (Å²) in [4.78, 5) is 28.0. The van der Waals surface area contributed by atoms with Gasteiger partial charge in [-0.15, -0.1) is 11.3 Å². The lowest BCUT2D eigenvalue weighted by atomic mass is 10.3. The van der Waals surface area contributed by atoms with E-state index in [1.54, 1.807) is 6.07 Å². The minimum Gasteiger partial charge on any atom is -0.298 e. The zero-order valence-corrected chi connectivity index (χ0v) is 10.1. The van der Waals surface area contributed by atoms with E-state index in [0.717, 1.165) is 9.44 Å². The van der Waals surface area contributed by atoms with Crippen molar-refractivity contribution in [2.75, 3.05) is 0 Å². The van der Waals surface area contributed by atoms with E-state index in [0.29, 0.717) is 23.1 Å². The van der Waals surface area contributed by atoms with Gasteiger partial charge >= 0.3 is 5.69 Å². The quantitative estimate of drug-likeness (QED) is 0.834. The van der Waals surface area contributed by atoms with Crippen LogP contribution in [0.25, 0.3) is 10.2 Å². The van der Waals surface area contributed by atoms with Crippen LogP contribution < -0.4 is 11.2 Å². The number of unbranched alkanes of at least 4 members (excludes halogenated alkanes) is 1. The molecule has 88 valence electrons. The van der Waals surface area contributed by atoms with Gasteiger partial charge in [-0.2, -0.15) is 5.26 Å². The summed E-state index contributed by atoms with van der Waals surface area (Å²) in [5.41, 5.74) is -0.673. The second-order valence-electron chi connectivity index (χ2n) is 3.75. The Hall–Kier alpha value is -1.87. The van der Waals surface area contributed by atoms with Crippen molar-refractivity contribution in [2.45, 2.75) is 26.3 Å². The molecular weight excluding hydrogens is 238 g/mol. The Kier molecular flexibility index (Phi) is 3.11. The summed E-state index contributed by atoms with van der Waals surface area (Å²) in [6, 6.07) is 3.77. The fraction of sp³-hybridized carbons (Fsp3) is 0.364. The van der Waals surface area contributed by atoms with Crippen LogP contribution in [0.4, 0.5) is 0 Å². The van der Waals surface area contributed by atoms with E-state index in [4.69, 9.17) is 5.26 Å². The van der Waals surface area contributed by atoms with Crippen LogP contribution in [0.3, 0.4) is 0 Å². The first-order valence-electron chi connectivity index (χ1n) is 5.23. The maximum absolute atomic E-state index is 12.0. The number of hydrogen-bond acceptors (Lipinski definition) is 4. The van der Waals surface area contributed by atoms with Crippen molar-refractivity contribution in [3.05, 3.63) is 31.8 Å². The molecule has 0 aliphatic heterocycles. The number of hydrogen-bond donors (Lipinski definition) is 1. The molecule has 0 atom stereocenters. The molecule has 17 heavy (non-hydrogen) atoms. The molecule has 2 aromatic heterocycles. The van der Waals surface area contributed by atoms with E-state index in [2.05, 4.69) is 4.98 Å². The van der Waals surface area contributed by atoms with Crippen molar-refractivity contribution in [1.29, 1.82) is 5.26 Å². The number of nitriles is 1. The van der Waals surface area contributed by atoms with Crippen molar-refractivity contribution in [2.24, 2.45) is 0 Å². The zero-order chi connectivity index (χ0) is 12.4. The van der Waals surface area contributed by atoms with E-state index in [9.17, 15) is 9.59 Å². The number of aromatic amines is 1. The van der Waals surface area contributed by atoms with Gasteiger partial charge in [-0.3, -0.25) is 14.3 Å². The monoisotopic (exact) mass is 249 g/mol. The van der Waals surface area contributed by atoms with E-state index in [1.807, 2.05) is 13.0 Å². The Bertz CT molecular complexity index is 702. The third-order valence-electron chi connectivity index (χ3n) is 2.47. The smallest absolute Gasteiger partial charge is 0.298 e. The topological polar surface area (TPSA) is 78.7 Å². The van der Waals surface area contributed by atoms with E-state index >= 15 is 0 Å². The highest BCUT2D eigenvalue weighted by molar-refractivity contribution is 7.18. The number of H-pyrrole nitrogens is 1. The fourth-order valence-electron chi connectivity index (χ4n) is 1.69. The number of thiophene rings is 1. The summed E-state index contributed by atoms with van der Waals surface area (Å²) in [7, 11) is 0. The average Bonchev–Trinajstić information content (AvgIpc) is 2.64. The van der Waals surface area contributed by atoms with Gasteiger partial charge in [-0.1, -0.05) is 0 Å². The van der Waals surface area contributed by atoms with Crippen LogP contribution in [0.2, 0.25) is 0 Å². The van der Waals surface area contributed by atoms with Crippen LogP contribution in [0.15, 0.2) is 15.7 Å². The summed E-state index contributed by atoms with van der Waals surface area (Å²) in [5, 5.41) is 8.98. The number of nitrogens with one attached hydrogen (secondary N) is 1. The molecule has 1 N–H and O–H groups in total. The Morgan fingerprint density at radius 2 is 2.29 bits per heavy atom. The lowest BCUT2D eigenvalue weighted by Crippen LogP contribution is -2.34. The third kappa shape index (κ3) is 2.15. The number of rotatable bonds is 3. The first-order chi connectivity index (χ1) is 8.13. The standard InChI is InChI=1S/C11H11N3O2S/c1-7-6-8-9(17-7)13-11(16)14(10(8)15)5-3-2-4-12/h6H,2-3,5H2,1H3,(H,13,16). The lowest BCUT2D eigenvalue weighted by molar-refractivity contribution is 0.605. The molecule has 0 saturated carbocycles. The molecule has 0 unspecified atom stereocenters. The van der Waals surface area contributed by atoms with Crippen LogP contribution >= 0.6 is 11.3 Å². The summed E-state index contributed by atoms with van der Waals surface area (Å²) in [6.07, 6.45) is 0.848. The molecule has 0 fully saturated rings. The molecule has 0 aliphatic rings.